The van der Waals surface area contributed by atoms with Crippen LogP contribution in [0.5, 0.6) is 0 Å². The zero-order valence-electron chi connectivity index (χ0n) is 12.1. The van der Waals surface area contributed by atoms with E-state index in [1.165, 1.54) is 7.11 Å². The van der Waals surface area contributed by atoms with Crippen molar-refractivity contribution in [1.29, 1.82) is 0 Å². The van der Waals surface area contributed by atoms with Crippen LogP contribution in [0.4, 0.5) is 4.79 Å². The van der Waals surface area contributed by atoms with Gasteiger partial charge in [0.05, 0.1) is 13.0 Å². The number of hydrogen-bond donors (Lipinski definition) is 2. The lowest BCUT2D eigenvalue weighted by atomic mass is 9.83. The number of nitrogens with one attached hydrogen (secondary N) is 1. The largest absolute Gasteiger partial charge is 0.469 e. The van der Waals surface area contributed by atoms with Gasteiger partial charge >= 0.3 is 12.1 Å². The molecule has 6 heteroatoms. The highest BCUT2D eigenvalue weighted by Crippen LogP contribution is 2.25. The molecular weight excluding hydrogens is 248 g/mol. The second-order valence-corrected chi connectivity index (χ2v) is 5.95. The summed E-state index contributed by atoms with van der Waals surface area (Å²) in [6.45, 7) is 5.42. The molecule has 3 N–H and O–H groups in total. The highest BCUT2D eigenvalue weighted by Gasteiger charge is 2.33. The summed E-state index contributed by atoms with van der Waals surface area (Å²) >= 11 is 0. The van der Waals surface area contributed by atoms with Crippen LogP contribution in [0.2, 0.25) is 0 Å². The van der Waals surface area contributed by atoms with Crippen LogP contribution in [0, 0.1) is 5.92 Å². The Morgan fingerprint density at radius 2 is 1.89 bits per heavy atom. The Bertz CT molecular complexity index is 338. The van der Waals surface area contributed by atoms with Crippen molar-refractivity contribution in [3.63, 3.8) is 0 Å². The molecule has 0 radical (unpaired) electrons. The van der Waals surface area contributed by atoms with Gasteiger partial charge in [0.15, 0.2) is 0 Å². The van der Waals surface area contributed by atoms with Gasteiger partial charge in [0.1, 0.15) is 5.60 Å². The lowest BCUT2D eigenvalue weighted by Crippen LogP contribution is -2.52. The van der Waals surface area contributed by atoms with Crippen LogP contribution in [0.3, 0.4) is 0 Å². The fraction of sp³-hybridized carbons (Fsp3) is 0.846. The van der Waals surface area contributed by atoms with Crippen LogP contribution in [-0.4, -0.2) is 36.9 Å². The summed E-state index contributed by atoms with van der Waals surface area (Å²) in [6, 6.07) is -0.416. The standard InChI is InChI=1S/C13H24N2O4/c1-13(2,3)19-12(17)15-10-6-5-8(7-9(10)14)11(16)18-4/h8-10H,5-7,14H2,1-4H3,(H,15,17)/t8-,9-,10+/m0/s1. The van der Waals surface area contributed by atoms with Gasteiger partial charge in [0.2, 0.25) is 0 Å². The molecule has 0 aromatic carbocycles. The molecule has 3 atom stereocenters. The number of carbonyl (C=O) groups is 2. The molecule has 0 unspecified atom stereocenters. The van der Waals surface area contributed by atoms with Crippen LogP contribution in [0.15, 0.2) is 0 Å². The second kappa shape index (κ2) is 6.23. The van der Waals surface area contributed by atoms with Crippen molar-refractivity contribution < 1.29 is 19.1 Å². The van der Waals surface area contributed by atoms with E-state index in [2.05, 4.69) is 5.32 Å². The molecule has 19 heavy (non-hydrogen) atoms. The zero-order valence-corrected chi connectivity index (χ0v) is 12.1. The molecule has 0 aliphatic heterocycles. The molecule has 1 fully saturated rings. The fourth-order valence-corrected chi connectivity index (χ4v) is 2.22. The van der Waals surface area contributed by atoms with Crippen molar-refractivity contribution in [1.82, 2.24) is 5.32 Å². The minimum atomic E-state index is -0.530. The Morgan fingerprint density at radius 1 is 1.26 bits per heavy atom. The molecule has 1 amide bonds. The minimum Gasteiger partial charge on any atom is -0.469 e. The summed E-state index contributed by atoms with van der Waals surface area (Å²) in [5.41, 5.74) is 5.47. The third-order valence-electron chi connectivity index (χ3n) is 3.14. The van der Waals surface area contributed by atoms with Crippen molar-refractivity contribution >= 4 is 12.1 Å². The number of amides is 1. The number of carbonyl (C=O) groups excluding carboxylic acids is 2. The molecule has 1 aliphatic carbocycles. The molecule has 0 bridgehead atoms. The number of alkyl carbamates (subject to hydrolysis) is 1. The second-order valence-electron chi connectivity index (χ2n) is 5.95. The normalized spacial score (nSPS) is 27.5. The van der Waals surface area contributed by atoms with Gasteiger partial charge in [-0.2, -0.15) is 0 Å². The van der Waals surface area contributed by atoms with Crippen LogP contribution in [0.25, 0.3) is 0 Å². The first-order valence-electron chi connectivity index (χ1n) is 6.56. The molecule has 6 nitrogen and oxygen atoms in total. The van der Waals surface area contributed by atoms with Crippen LogP contribution >= 0.6 is 0 Å². The lowest BCUT2D eigenvalue weighted by molar-refractivity contribution is -0.146. The van der Waals surface area contributed by atoms with Crippen molar-refractivity contribution in [2.24, 2.45) is 11.7 Å². The van der Waals surface area contributed by atoms with Crippen molar-refractivity contribution in [3.8, 4) is 0 Å². The first-order valence-corrected chi connectivity index (χ1v) is 6.56. The summed E-state index contributed by atoms with van der Waals surface area (Å²) in [7, 11) is 1.37. The summed E-state index contributed by atoms with van der Waals surface area (Å²) < 4.78 is 9.90. The van der Waals surface area contributed by atoms with E-state index in [0.717, 1.165) is 0 Å². The van der Waals surface area contributed by atoms with Crippen LogP contribution in [0.1, 0.15) is 40.0 Å². The Labute approximate surface area is 114 Å². The van der Waals surface area contributed by atoms with E-state index < -0.39 is 11.7 Å². The SMILES string of the molecule is COC(=O)[C@H]1CC[C@@H](NC(=O)OC(C)(C)C)[C@@H](N)C1. The van der Waals surface area contributed by atoms with E-state index in [1.54, 1.807) is 20.8 Å². The summed E-state index contributed by atoms with van der Waals surface area (Å²) in [5, 5.41) is 2.76. The Hall–Kier alpha value is -1.30. The van der Waals surface area contributed by atoms with Gasteiger partial charge in [-0.3, -0.25) is 4.79 Å². The third-order valence-corrected chi connectivity index (χ3v) is 3.14. The van der Waals surface area contributed by atoms with Gasteiger partial charge < -0.3 is 20.5 Å². The Balaban J connectivity index is 2.46. The maximum atomic E-state index is 11.7. The molecule has 1 saturated carbocycles. The van der Waals surface area contributed by atoms with Crippen molar-refractivity contribution in [3.05, 3.63) is 0 Å². The number of ether oxygens (including phenoxy) is 2. The van der Waals surface area contributed by atoms with E-state index in [-0.39, 0.29) is 24.0 Å². The van der Waals surface area contributed by atoms with Crippen LogP contribution in [-0.2, 0) is 14.3 Å². The highest BCUT2D eigenvalue weighted by molar-refractivity contribution is 5.72. The number of methoxy groups -OCH3 is 1. The summed E-state index contributed by atoms with van der Waals surface area (Å²) in [6.07, 6.45) is 1.37. The minimum absolute atomic E-state index is 0.157. The smallest absolute Gasteiger partial charge is 0.407 e. The number of hydrogen-bond acceptors (Lipinski definition) is 5. The van der Waals surface area contributed by atoms with Crippen molar-refractivity contribution in [2.45, 2.75) is 57.7 Å². The lowest BCUT2D eigenvalue weighted by Gasteiger charge is -2.33. The van der Waals surface area contributed by atoms with Gasteiger partial charge in [-0.25, -0.2) is 4.79 Å². The molecule has 0 heterocycles. The van der Waals surface area contributed by atoms with Gasteiger partial charge in [-0.05, 0) is 40.0 Å². The van der Waals surface area contributed by atoms with Crippen molar-refractivity contribution in [2.75, 3.05) is 7.11 Å². The topological polar surface area (TPSA) is 90.6 Å². The van der Waals surface area contributed by atoms with E-state index in [4.69, 9.17) is 15.2 Å². The molecule has 0 aromatic rings. The molecule has 1 aliphatic rings. The number of nitrogens with two attached hydrogens (primary N) is 1. The maximum Gasteiger partial charge on any atom is 0.407 e. The molecule has 1 rings (SSSR count). The Kier molecular flexibility index (Phi) is 5.17. The number of esters is 1. The highest BCUT2D eigenvalue weighted by atomic mass is 16.6. The van der Waals surface area contributed by atoms with Gasteiger partial charge in [-0.15, -0.1) is 0 Å². The third kappa shape index (κ3) is 5.06. The fourth-order valence-electron chi connectivity index (χ4n) is 2.22. The van der Waals surface area contributed by atoms with Crippen LogP contribution < -0.4 is 11.1 Å². The summed E-state index contributed by atoms with van der Waals surface area (Å²) in [4.78, 5) is 23.1. The van der Waals surface area contributed by atoms with Gasteiger partial charge in [0.25, 0.3) is 0 Å². The predicted octanol–water partition coefficient (Wildman–Crippen LogP) is 1.18. The maximum absolute atomic E-state index is 11.7. The van der Waals surface area contributed by atoms with E-state index >= 15 is 0 Å². The Morgan fingerprint density at radius 3 is 2.37 bits per heavy atom. The zero-order chi connectivity index (χ0) is 14.6. The first-order chi connectivity index (χ1) is 8.73. The number of rotatable bonds is 2. The van der Waals surface area contributed by atoms with E-state index in [0.29, 0.717) is 19.3 Å². The average Bonchev–Trinajstić information content (AvgIpc) is 2.28. The monoisotopic (exact) mass is 272 g/mol. The molecule has 0 saturated heterocycles. The predicted molar refractivity (Wildman–Crippen MR) is 70.5 cm³/mol. The molecular formula is C13H24N2O4. The van der Waals surface area contributed by atoms with Gasteiger partial charge in [-0.1, -0.05) is 0 Å². The van der Waals surface area contributed by atoms with E-state index in [9.17, 15) is 9.59 Å². The van der Waals surface area contributed by atoms with E-state index in [1.807, 2.05) is 0 Å². The molecule has 110 valence electrons. The molecule has 0 aromatic heterocycles. The first kappa shape index (κ1) is 15.8. The average molecular weight is 272 g/mol. The summed E-state index contributed by atoms with van der Waals surface area (Å²) in [5.74, 6) is -0.400. The quantitative estimate of drug-likeness (QED) is 0.737. The molecule has 0 spiro atoms. The van der Waals surface area contributed by atoms with Gasteiger partial charge in [0, 0.05) is 12.1 Å².